The van der Waals surface area contributed by atoms with Gasteiger partial charge in [-0.05, 0) is 98.3 Å². The van der Waals surface area contributed by atoms with Gasteiger partial charge in [-0.2, -0.15) is 0 Å². The average molecular weight is 1220 g/mol. The van der Waals surface area contributed by atoms with Gasteiger partial charge >= 0.3 is 29.8 Å². The number of hydrogen-bond acceptors (Lipinski definition) is 18. The van der Waals surface area contributed by atoms with Crippen LogP contribution >= 0.6 is 0 Å². The van der Waals surface area contributed by atoms with Crippen molar-refractivity contribution in [3.05, 3.63) is 137 Å². The molecular formula is C66H74N6O17. The highest BCUT2D eigenvalue weighted by Crippen LogP contribution is 2.43. The second-order valence-corrected chi connectivity index (χ2v) is 22.9. The number of esters is 4. The maximum absolute atomic E-state index is 15.3. The lowest BCUT2D eigenvalue weighted by atomic mass is 9.75. The number of rotatable bonds is 25. The Morgan fingerprint density at radius 1 is 0.685 bits per heavy atom. The van der Waals surface area contributed by atoms with Crippen LogP contribution < -0.4 is 30.7 Å². The van der Waals surface area contributed by atoms with Crippen LogP contribution in [0.15, 0.2) is 114 Å². The Morgan fingerprint density at radius 2 is 1.20 bits per heavy atom. The number of H-pyrrole nitrogens is 1. The fraction of sp³-hybridized carbons (Fsp3) is 0.379. The van der Waals surface area contributed by atoms with E-state index >= 15 is 9.59 Å². The summed E-state index contributed by atoms with van der Waals surface area (Å²) in [6.07, 6.45) is 4.34. The third-order valence-corrected chi connectivity index (χ3v) is 15.9. The van der Waals surface area contributed by atoms with Crippen LogP contribution in [-0.4, -0.2) is 120 Å². The minimum absolute atomic E-state index is 0.0310. The van der Waals surface area contributed by atoms with Gasteiger partial charge in [0.05, 0.1) is 28.6 Å². The summed E-state index contributed by atoms with van der Waals surface area (Å²) in [7, 11) is 0. The number of ether oxygens (including phenoxy) is 6. The molecule has 23 nitrogen and oxygen atoms in total. The van der Waals surface area contributed by atoms with Crippen molar-refractivity contribution in [3.63, 3.8) is 0 Å². The van der Waals surface area contributed by atoms with Crippen molar-refractivity contribution in [1.29, 1.82) is 0 Å². The number of aromatic amines is 1. The van der Waals surface area contributed by atoms with Crippen LogP contribution in [0.4, 0.5) is 5.82 Å². The Morgan fingerprint density at radius 3 is 1.73 bits per heavy atom. The van der Waals surface area contributed by atoms with Gasteiger partial charge in [0.2, 0.25) is 11.8 Å². The number of amidine groups is 1. The quantitative estimate of drug-likeness (QED) is 0.0158. The fourth-order valence-electron chi connectivity index (χ4n) is 11.9. The van der Waals surface area contributed by atoms with E-state index in [-0.39, 0.29) is 88.5 Å². The maximum Gasteiger partial charge on any atom is 0.342 e. The summed E-state index contributed by atoms with van der Waals surface area (Å²) in [4.78, 5) is 141. The number of carbonyl (C=O) groups is 10. The molecular weight excluding hydrogens is 1150 g/mol. The molecule has 470 valence electrons. The zero-order chi connectivity index (χ0) is 64.8. The monoisotopic (exact) mass is 1220 g/mol. The number of amides is 3. The van der Waals surface area contributed by atoms with E-state index in [9.17, 15) is 43.5 Å². The molecule has 4 aromatic rings. The zero-order valence-electron chi connectivity index (χ0n) is 50.7. The number of aliphatic imine (C=N–C) groups is 1. The molecule has 2 fully saturated rings. The first-order valence-electron chi connectivity index (χ1n) is 29.2. The van der Waals surface area contributed by atoms with Gasteiger partial charge in [0.25, 0.3) is 18.9 Å². The molecule has 2 heterocycles. The minimum atomic E-state index is -1.63. The number of carboxylic acids is 1. The van der Waals surface area contributed by atoms with Gasteiger partial charge in [0.1, 0.15) is 53.8 Å². The third-order valence-electron chi connectivity index (χ3n) is 15.9. The Labute approximate surface area is 514 Å². The molecule has 3 aliphatic rings. The van der Waals surface area contributed by atoms with Gasteiger partial charge in [0.15, 0.2) is 11.5 Å². The smallest absolute Gasteiger partial charge is 0.342 e. The molecule has 0 spiro atoms. The van der Waals surface area contributed by atoms with E-state index in [0.29, 0.717) is 23.0 Å². The number of nitrogens with one attached hydrogen (secondary N) is 5. The topological polar surface area (TPSA) is 323 Å². The lowest BCUT2D eigenvalue weighted by Crippen LogP contribution is -2.48. The van der Waals surface area contributed by atoms with Crippen LogP contribution in [-0.2, 0) is 52.5 Å². The van der Waals surface area contributed by atoms with E-state index in [1.165, 1.54) is 13.8 Å². The molecule has 2 saturated carbocycles. The molecule has 7 unspecified atom stereocenters. The molecule has 1 aromatic heterocycles. The molecule has 2 aliphatic carbocycles. The third kappa shape index (κ3) is 16.5. The molecule has 0 bridgehead atoms. The summed E-state index contributed by atoms with van der Waals surface area (Å²) in [5, 5.41) is 21.1. The molecule has 7 atom stereocenters. The van der Waals surface area contributed by atoms with Gasteiger partial charge in [-0.1, -0.05) is 115 Å². The molecule has 89 heavy (non-hydrogen) atoms. The average Bonchev–Trinajstić information content (AvgIpc) is 1.69. The Hall–Kier alpha value is -9.77. The largest absolute Gasteiger partial charge is 0.478 e. The summed E-state index contributed by atoms with van der Waals surface area (Å²) in [5.74, 6) is -8.50. The summed E-state index contributed by atoms with van der Waals surface area (Å²) in [6, 6.07) is 16.5. The number of carbonyl (C=O) groups excluding carboxylic acids is 9. The number of nitrogens with zero attached hydrogens (tertiary/aromatic N) is 1. The molecule has 7 rings (SSSR count). The summed E-state index contributed by atoms with van der Waals surface area (Å²) in [6.45, 7) is 21.3. The van der Waals surface area contributed by atoms with Crippen LogP contribution in [0, 0.1) is 35.5 Å². The summed E-state index contributed by atoms with van der Waals surface area (Å²) in [5.41, 5.74) is 0.0393. The second kappa shape index (κ2) is 30.2. The van der Waals surface area contributed by atoms with E-state index in [2.05, 4.69) is 53.3 Å². The van der Waals surface area contributed by atoms with Crippen LogP contribution in [0.25, 0.3) is 22.8 Å². The highest BCUT2D eigenvalue weighted by molar-refractivity contribution is 6.32. The van der Waals surface area contributed by atoms with E-state index in [4.69, 9.17) is 33.4 Å². The highest BCUT2D eigenvalue weighted by atomic mass is 16.6. The number of aromatic nitrogens is 1. The van der Waals surface area contributed by atoms with Gasteiger partial charge in [-0.3, -0.25) is 24.0 Å². The first-order valence-corrected chi connectivity index (χ1v) is 29.2. The van der Waals surface area contributed by atoms with E-state index in [1.807, 2.05) is 27.7 Å². The van der Waals surface area contributed by atoms with Crippen molar-refractivity contribution < 1.29 is 81.5 Å². The lowest BCUT2D eigenvalue weighted by molar-refractivity contribution is -0.152. The number of allylic oxidation sites excluding steroid dienone is 1. The minimum Gasteiger partial charge on any atom is -0.478 e. The Balaban J connectivity index is 1.38. The first kappa shape index (κ1) is 66.8. The van der Waals surface area contributed by atoms with Crippen molar-refractivity contribution in [2.24, 2.45) is 40.5 Å². The Kier molecular flexibility index (Phi) is 22.7. The van der Waals surface area contributed by atoms with E-state index in [1.54, 1.807) is 66.7 Å². The predicted molar refractivity (Wildman–Crippen MR) is 327 cm³/mol. The van der Waals surface area contributed by atoms with Gasteiger partial charge in [-0.25, -0.2) is 29.0 Å². The predicted octanol–water partition coefficient (Wildman–Crippen LogP) is 8.18. The number of anilines is 1. The molecule has 0 saturated heterocycles. The van der Waals surface area contributed by atoms with Gasteiger partial charge in [0, 0.05) is 35.9 Å². The van der Waals surface area contributed by atoms with Crippen LogP contribution in [0.2, 0.25) is 0 Å². The normalized spacial score (nSPS) is 21.9. The Bertz CT molecular complexity index is 3460. The zero-order valence-corrected chi connectivity index (χ0v) is 50.7. The number of hydrogen-bond donors (Lipinski definition) is 6. The van der Waals surface area contributed by atoms with E-state index < -0.39 is 107 Å². The van der Waals surface area contributed by atoms with Crippen molar-refractivity contribution in [1.82, 2.24) is 20.9 Å². The van der Waals surface area contributed by atoms with E-state index in [0.717, 1.165) is 50.0 Å². The molecule has 3 aromatic carbocycles. The van der Waals surface area contributed by atoms with Gasteiger partial charge < -0.3 is 59.8 Å². The van der Waals surface area contributed by atoms with Crippen LogP contribution in [0.5, 0.6) is 11.5 Å². The SMILES string of the molecule is C=CC(=O)OCC(CNC(C)C(=O)NC1=NC(=Cc2[nH]c(NC(=O)C(C)NC(=O)c3cc(OC=O)c(OC=O)cc3C(=O)O)c(C(=O)OC3C(C)CC(C)CC3C)c2-c2ccccc2)C(c2ccccc2)=C1C(=O)OC1C(C)CC(C)CC1C)OC(=O)C=C. The first-order chi connectivity index (χ1) is 42.5. The van der Waals surface area contributed by atoms with Gasteiger partial charge in [-0.15, -0.1) is 0 Å². The maximum atomic E-state index is 15.3. The lowest BCUT2D eigenvalue weighted by Gasteiger charge is -2.37. The summed E-state index contributed by atoms with van der Waals surface area (Å²) >= 11 is 0. The molecule has 0 radical (unpaired) electrons. The molecule has 23 heteroatoms. The number of carboxylic acid groups (broad SMARTS) is 1. The highest BCUT2D eigenvalue weighted by Gasteiger charge is 2.41. The standard InChI is InChI=1S/C66H74N6O17/c1-11-51(75)84-31-44(87-52(76)12-2)30-67-40(9)61(77)71-59-55(65(82)88-57-36(5)23-34(3)24-37(57)6)53(42-19-15-13-16-20-42)47(69-59)29-48-54(43-21-17-14-18-22-43)56(66(83)89-58-38(7)25-35(4)26-39(58)8)60(70-48)72-62(78)41(10)68-63(79)45-27-49(85-32-73)50(86-33-74)28-46(45)64(80)81/h11-22,27-29,32-41,44,57-58,67,70H,1-2,23-26,30-31H2,3-10H3,(H,68,79)(H,72,78)(H,80,81)(H,69,71,77). The van der Waals surface area contributed by atoms with Crippen molar-refractivity contribution in [2.45, 2.75) is 111 Å². The number of aromatic carboxylic acids is 1. The van der Waals surface area contributed by atoms with Crippen molar-refractivity contribution in [2.75, 3.05) is 18.5 Å². The second-order valence-electron chi connectivity index (χ2n) is 22.9. The molecule has 3 amide bonds. The molecule has 1 aliphatic heterocycles. The fourth-order valence-corrected chi connectivity index (χ4v) is 11.9. The number of benzene rings is 3. The molecule has 6 N–H and O–H groups in total. The van der Waals surface area contributed by atoms with Crippen LogP contribution in [0.1, 0.15) is 123 Å². The van der Waals surface area contributed by atoms with Crippen molar-refractivity contribution >= 4 is 83.8 Å². The summed E-state index contributed by atoms with van der Waals surface area (Å²) < 4.78 is 33.1. The van der Waals surface area contributed by atoms with Crippen molar-refractivity contribution in [3.8, 4) is 22.6 Å². The van der Waals surface area contributed by atoms with Crippen LogP contribution in [0.3, 0.4) is 0 Å².